The van der Waals surface area contributed by atoms with E-state index in [1.165, 1.54) is 0 Å². The lowest BCUT2D eigenvalue weighted by atomic mass is 9.83. The van der Waals surface area contributed by atoms with Gasteiger partial charge in [0.25, 0.3) is 0 Å². The van der Waals surface area contributed by atoms with Gasteiger partial charge in [-0.1, -0.05) is 36.4 Å². The molecule has 0 saturated carbocycles. The van der Waals surface area contributed by atoms with Gasteiger partial charge >= 0.3 is 7.12 Å². The molecule has 0 aliphatic carbocycles. The number of rotatable bonds is 4. The van der Waals surface area contributed by atoms with Crippen LogP contribution in [0.3, 0.4) is 0 Å². The van der Waals surface area contributed by atoms with Gasteiger partial charge in [-0.05, 0) is 38.8 Å². The van der Waals surface area contributed by atoms with Gasteiger partial charge in [-0.25, -0.2) is 0 Å². The minimum Gasteiger partial charge on any atom is -0.403 e. The highest BCUT2D eigenvalue weighted by Crippen LogP contribution is 2.38. The van der Waals surface area contributed by atoms with Crippen LogP contribution in [0.5, 0.6) is 0 Å². The second-order valence-electron chi connectivity index (χ2n) is 6.18. The van der Waals surface area contributed by atoms with Crippen LogP contribution in [0.15, 0.2) is 36.4 Å². The second kappa shape index (κ2) is 5.72. The normalized spacial score (nSPS) is 21.2. The summed E-state index contributed by atoms with van der Waals surface area (Å²) in [4.78, 5) is 0. The van der Waals surface area contributed by atoms with Crippen molar-refractivity contribution in [3.63, 3.8) is 0 Å². The molecule has 4 heteroatoms. The quantitative estimate of drug-likeness (QED) is 0.857. The Bertz CT molecular complexity index is 464. The highest BCUT2D eigenvalue weighted by Gasteiger charge is 2.50. The van der Waals surface area contributed by atoms with Gasteiger partial charge in [-0.3, -0.25) is 0 Å². The zero-order valence-electron chi connectivity index (χ0n) is 12.7. The Labute approximate surface area is 121 Å². The molecule has 1 aromatic rings. The van der Waals surface area contributed by atoms with E-state index < -0.39 is 0 Å². The van der Waals surface area contributed by atoms with Crippen molar-refractivity contribution in [1.82, 2.24) is 0 Å². The van der Waals surface area contributed by atoms with Crippen LogP contribution in [-0.2, 0) is 9.31 Å². The first-order chi connectivity index (χ1) is 9.36. The maximum Gasteiger partial charge on any atom is 0.461 e. The molecule has 1 aromatic carbocycles. The summed E-state index contributed by atoms with van der Waals surface area (Å²) in [5.41, 5.74) is 1.32. The van der Waals surface area contributed by atoms with Gasteiger partial charge in [0.2, 0.25) is 0 Å². The molecule has 0 amide bonds. The third kappa shape index (κ3) is 3.14. The van der Waals surface area contributed by atoms with E-state index in [0.717, 1.165) is 11.1 Å². The fourth-order valence-electron chi connectivity index (χ4n) is 2.23. The summed E-state index contributed by atoms with van der Waals surface area (Å²) >= 11 is 0. The van der Waals surface area contributed by atoms with Crippen molar-refractivity contribution in [3.05, 3.63) is 42.0 Å². The van der Waals surface area contributed by atoms with Gasteiger partial charge in [-0.15, -0.1) is 0 Å². The Morgan fingerprint density at radius 1 is 1.10 bits per heavy atom. The summed E-state index contributed by atoms with van der Waals surface area (Å²) in [7, 11) is -0.259. The number of benzene rings is 1. The molecule has 20 heavy (non-hydrogen) atoms. The largest absolute Gasteiger partial charge is 0.461 e. The van der Waals surface area contributed by atoms with Crippen LogP contribution < -0.4 is 0 Å². The topological polar surface area (TPSA) is 38.7 Å². The lowest BCUT2D eigenvalue weighted by molar-refractivity contribution is 0.00578. The number of hydrogen-bond donors (Lipinski definition) is 1. The minimum atomic E-state index is -0.308. The molecule has 0 bridgehead atoms. The third-order valence-electron chi connectivity index (χ3n) is 4.17. The Kier molecular flexibility index (Phi) is 4.38. The predicted octanol–water partition coefficient (Wildman–Crippen LogP) is 3.15. The third-order valence-corrected chi connectivity index (χ3v) is 4.17. The summed E-state index contributed by atoms with van der Waals surface area (Å²) < 4.78 is 11.9. The van der Waals surface area contributed by atoms with E-state index in [1.807, 2.05) is 64.1 Å². The molecule has 1 fully saturated rings. The molecule has 1 heterocycles. The van der Waals surface area contributed by atoms with Crippen molar-refractivity contribution < 1.29 is 14.4 Å². The smallest absolute Gasteiger partial charge is 0.403 e. The van der Waals surface area contributed by atoms with E-state index >= 15 is 0 Å². The highest BCUT2D eigenvalue weighted by molar-refractivity contribution is 6.46. The number of hydrogen-bond acceptors (Lipinski definition) is 3. The number of aliphatic hydroxyl groups excluding tert-OH is 1. The first-order valence-corrected chi connectivity index (χ1v) is 7.07. The Morgan fingerprint density at radius 3 is 2.15 bits per heavy atom. The van der Waals surface area contributed by atoms with Crippen molar-refractivity contribution in [1.29, 1.82) is 0 Å². The molecule has 1 saturated heterocycles. The fraction of sp³-hybridized carbons (Fsp3) is 0.500. The summed E-state index contributed by atoms with van der Waals surface area (Å²) in [6.45, 7) is 8.19. The fourth-order valence-corrected chi connectivity index (χ4v) is 2.23. The maximum atomic E-state index is 9.51. The zero-order chi connectivity index (χ0) is 14.8. The Balaban J connectivity index is 2.06. The van der Waals surface area contributed by atoms with E-state index in [1.54, 1.807) is 0 Å². The average Bonchev–Trinajstić information content (AvgIpc) is 2.60. The van der Waals surface area contributed by atoms with Gasteiger partial charge in [0, 0.05) is 6.32 Å². The van der Waals surface area contributed by atoms with Crippen molar-refractivity contribution in [2.75, 3.05) is 6.61 Å². The van der Waals surface area contributed by atoms with Crippen molar-refractivity contribution >= 4 is 12.7 Å². The van der Waals surface area contributed by atoms with Crippen molar-refractivity contribution in [2.24, 2.45) is 0 Å². The molecular weight excluding hydrogens is 251 g/mol. The molecule has 0 spiro atoms. The summed E-state index contributed by atoms with van der Waals surface area (Å²) in [5.74, 6) is 0. The molecule has 0 atom stereocenters. The molecule has 0 radical (unpaired) electrons. The van der Waals surface area contributed by atoms with Crippen molar-refractivity contribution in [2.45, 2.75) is 45.2 Å². The molecular formula is C16H23BO3. The summed E-state index contributed by atoms with van der Waals surface area (Å²) in [6.07, 6.45) is 2.63. The number of allylic oxidation sites excluding steroid dienone is 1. The lowest BCUT2D eigenvalue weighted by Crippen LogP contribution is -2.41. The maximum absolute atomic E-state index is 9.51. The lowest BCUT2D eigenvalue weighted by Gasteiger charge is -2.32. The SMILES string of the molecule is CC1(C)OB(C/C=C(/CO)c2ccccc2)OC1(C)C. The van der Waals surface area contributed by atoms with Crippen LogP contribution in [0.2, 0.25) is 6.32 Å². The highest BCUT2D eigenvalue weighted by atomic mass is 16.7. The van der Waals surface area contributed by atoms with Crippen LogP contribution in [0.1, 0.15) is 33.3 Å². The van der Waals surface area contributed by atoms with Gasteiger partial charge in [0.15, 0.2) is 0 Å². The first-order valence-electron chi connectivity index (χ1n) is 7.07. The van der Waals surface area contributed by atoms with Crippen LogP contribution in [0.4, 0.5) is 0 Å². The first kappa shape index (κ1) is 15.3. The molecule has 3 nitrogen and oxygen atoms in total. The van der Waals surface area contributed by atoms with Gasteiger partial charge in [0.1, 0.15) is 0 Å². The molecule has 0 aromatic heterocycles. The van der Waals surface area contributed by atoms with E-state index in [-0.39, 0.29) is 24.9 Å². The number of aliphatic hydroxyl groups is 1. The van der Waals surface area contributed by atoms with E-state index in [2.05, 4.69) is 0 Å². The van der Waals surface area contributed by atoms with Crippen LogP contribution in [-0.4, -0.2) is 30.0 Å². The van der Waals surface area contributed by atoms with E-state index in [9.17, 15) is 5.11 Å². The monoisotopic (exact) mass is 274 g/mol. The molecule has 108 valence electrons. The standard InChI is InChI=1S/C16H23BO3/c1-15(2)16(3,4)20-17(19-15)11-10-14(12-18)13-8-6-5-7-9-13/h5-10,18H,11-12H2,1-4H3/b14-10-. The predicted molar refractivity (Wildman–Crippen MR) is 82.4 cm³/mol. The second-order valence-corrected chi connectivity index (χ2v) is 6.18. The molecule has 1 aliphatic rings. The molecule has 0 unspecified atom stereocenters. The van der Waals surface area contributed by atoms with Crippen LogP contribution in [0, 0.1) is 0 Å². The van der Waals surface area contributed by atoms with E-state index in [0.29, 0.717) is 6.32 Å². The molecule has 1 N–H and O–H groups in total. The van der Waals surface area contributed by atoms with Crippen LogP contribution >= 0.6 is 0 Å². The van der Waals surface area contributed by atoms with Crippen LogP contribution in [0.25, 0.3) is 5.57 Å². The molecule has 2 rings (SSSR count). The van der Waals surface area contributed by atoms with Gasteiger partial charge in [0.05, 0.1) is 17.8 Å². The van der Waals surface area contributed by atoms with Gasteiger partial charge < -0.3 is 14.4 Å². The van der Waals surface area contributed by atoms with Crippen molar-refractivity contribution in [3.8, 4) is 0 Å². The van der Waals surface area contributed by atoms with E-state index in [4.69, 9.17) is 9.31 Å². The summed E-state index contributed by atoms with van der Waals surface area (Å²) in [5, 5.41) is 9.51. The van der Waals surface area contributed by atoms with Gasteiger partial charge in [-0.2, -0.15) is 0 Å². The zero-order valence-corrected chi connectivity index (χ0v) is 12.7. The Hall–Kier alpha value is -1.10. The average molecular weight is 274 g/mol. The Morgan fingerprint density at radius 2 is 1.65 bits per heavy atom. The minimum absolute atomic E-state index is 0.0174. The summed E-state index contributed by atoms with van der Waals surface area (Å²) in [6, 6.07) is 9.88. The molecule has 1 aliphatic heterocycles.